The lowest BCUT2D eigenvalue weighted by Crippen LogP contribution is -2.43. The van der Waals surface area contributed by atoms with Crippen molar-refractivity contribution >= 4 is 11.7 Å². The van der Waals surface area contributed by atoms with E-state index in [9.17, 15) is 4.79 Å². The molecule has 0 aliphatic carbocycles. The summed E-state index contributed by atoms with van der Waals surface area (Å²) in [6, 6.07) is -1.29. The molecule has 0 saturated heterocycles. The van der Waals surface area contributed by atoms with Crippen LogP contribution in [-0.2, 0) is 4.79 Å². The summed E-state index contributed by atoms with van der Waals surface area (Å²) < 4.78 is 0. The fourth-order valence-electron chi connectivity index (χ4n) is 0.631. The lowest BCUT2D eigenvalue weighted by Gasteiger charge is -2.09. The number of hydrogen-bond acceptors (Lipinski definition) is 4. The minimum absolute atomic E-state index is 0.0806. The minimum Gasteiger partial charge on any atom is -0.370 e. The zero-order valence-corrected chi connectivity index (χ0v) is 7.03. The summed E-state index contributed by atoms with van der Waals surface area (Å²) in [4.78, 5) is 14.7. The van der Waals surface area contributed by atoms with Crippen LogP contribution >= 0.6 is 0 Å². The Morgan fingerprint density at radius 2 is 1.92 bits per heavy atom. The zero-order valence-electron chi connectivity index (χ0n) is 7.03. The molecular formula is C6H15N5O. The highest BCUT2D eigenvalue weighted by molar-refractivity contribution is 5.88. The number of Topliss-reactive ketones (excluding diaryl/α,β-unsaturated/α-hetero) is 1. The Morgan fingerprint density at radius 3 is 2.25 bits per heavy atom. The first-order valence-corrected chi connectivity index (χ1v) is 3.55. The van der Waals surface area contributed by atoms with Gasteiger partial charge >= 0.3 is 0 Å². The van der Waals surface area contributed by atoms with Gasteiger partial charge in [-0.3, -0.25) is 9.79 Å². The third-order valence-electron chi connectivity index (χ3n) is 1.28. The van der Waals surface area contributed by atoms with Gasteiger partial charge in [-0.15, -0.1) is 0 Å². The maximum Gasteiger partial charge on any atom is 0.185 e. The van der Waals surface area contributed by atoms with Crippen molar-refractivity contribution in [1.82, 2.24) is 0 Å². The molecule has 0 rings (SSSR count). The maximum atomic E-state index is 11.1. The van der Waals surface area contributed by atoms with Gasteiger partial charge in [-0.1, -0.05) is 0 Å². The summed E-state index contributed by atoms with van der Waals surface area (Å²) in [6.45, 7) is 1.65. The van der Waals surface area contributed by atoms with Gasteiger partial charge < -0.3 is 22.9 Å². The molecule has 0 aromatic carbocycles. The average Bonchev–Trinajstić information content (AvgIpc) is 1.98. The van der Waals surface area contributed by atoms with E-state index in [-0.39, 0.29) is 18.3 Å². The van der Waals surface area contributed by atoms with Gasteiger partial charge in [0, 0.05) is 0 Å². The average molecular weight is 173 g/mol. The molecule has 8 N–H and O–H groups in total. The lowest BCUT2D eigenvalue weighted by atomic mass is 10.1. The first-order chi connectivity index (χ1) is 5.45. The molecule has 12 heavy (non-hydrogen) atoms. The molecule has 0 radical (unpaired) electrons. The van der Waals surface area contributed by atoms with E-state index in [1.807, 2.05) is 0 Å². The molecule has 0 aliphatic rings. The number of hydrogen-bond donors (Lipinski definition) is 4. The van der Waals surface area contributed by atoms with Crippen LogP contribution in [0.2, 0.25) is 0 Å². The van der Waals surface area contributed by atoms with Crippen LogP contribution in [-0.4, -0.2) is 30.4 Å². The second-order valence-corrected chi connectivity index (χ2v) is 2.56. The van der Waals surface area contributed by atoms with Crippen molar-refractivity contribution < 1.29 is 4.79 Å². The Hall–Kier alpha value is -1.14. The SMILES string of the molecule is CC(N)C(=O)C(N)CN=C(N)N. The summed E-state index contributed by atoms with van der Waals surface area (Å²) in [5.74, 6) is -0.331. The molecule has 0 heterocycles. The molecule has 0 fully saturated rings. The summed E-state index contributed by atoms with van der Waals surface area (Å²) >= 11 is 0. The number of carbonyl (C=O) groups excluding carboxylic acids is 1. The number of aliphatic imine (C=N–C) groups is 1. The first kappa shape index (κ1) is 10.9. The third-order valence-corrected chi connectivity index (χ3v) is 1.28. The lowest BCUT2D eigenvalue weighted by molar-refractivity contribution is -0.120. The van der Waals surface area contributed by atoms with Crippen molar-refractivity contribution in [2.75, 3.05) is 6.54 Å². The normalized spacial score (nSPS) is 14.9. The zero-order chi connectivity index (χ0) is 9.72. The summed E-state index contributed by atoms with van der Waals surface area (Å²) in [7, 11) is 0. The number of ketones is 1. The van der Waals surface area contributed by atoms with E-state index in [0.29, 0.717) is 0 Å². The van der Waals surface area contributed by atoms with Crippen molar-refractivity contribution in [2.24, 2.45) is 27.9 Å². The van der Waals surface area contributed by atoms with Crippen LogP contribution in [0.1, 0.15) is 6.92 Å². The van der Waals surface area contributed by atoms with Gasteiger partial charge in [0.15, 0.2) is 11.7 Å². The topological polar surface area (TPSA) is 134 Å². The molecule has 70 valence electrons. The van der Waals surface area contributed by atoms with E-state index in [1.165, 1.54) is 0 Å². The van der Waals surface area contributed by atoms with Crippen LogP contribution in [0, 0.1) is 0 Å². The molecule has 0 bridgehead atoms. The fourth-order valence-corrected chi connectivity index (χ4v) is 0.631. The number of carbonyl (C=O) groups is 1. The van der Waals surface area contributed by atoms with Gasteiger partial charge in [-0.2, -0.15) is 0 Å². The molecule has 6 nitrogen and oxygen atoms in total. The maximum absolute atomic E-state index is 11.1. The van der Waals surface area contributed by atoms with Gasteiger partial charge in [0.25, 0.3) is 0 Å². The Balaban J connectivity index is 3.96. The van der Waals surface area contributed by atoms with Gasteiger partial charge in [0.05, 0.1) is 18.6 Å². The fraction of sp³-hybridized carbons (Fsp3) is 0.667. The Labute approximate surface area is 71.0 Å². The second-order valence-electron chi connectivity index (χ2n) is 2.56. The predicted molar refractivity (Wildman–Crippen MR) is 47.3 cm³/mol. The van der Waals surface area contributed by atoms with Gasteiger partial charge in [0.1, 0.15) is 0 Å². The highest BCUT2D eigenvalue weighted by atomic mass is 16.1. The van der Waals surface area contributed by atoms with Crippen LogP contribution in [0.15, 0.2) is 4.99 Å². The molecule has 0 saturated carbocycles. The molecule has 0 aromatic rings. The van der Waals surface area contributed by atoms with Crippen molar-refractivity contribution in [3.63, 3.8) is 0 Å². The number of guanidine groups is 1. The third kappa shape index (κ3) is 3.89. The van der Waals surface area contributed by atoms with E-state index in [0.717, 1.165) is 0 Å². The van der Waals surface area contributed by atoms with Crippen molar-refractivity contribution in [2.45, 2.75) is 19.0 Å². The van der Waals surface area contributed by atoms with E-state index in [1.54, 1.807) is 6.92 Å². The Morgan fingerprint density at radius 1 is 1.42 bits per heavy atom. The van der Waals surface area contributed by atoms with E-state index in [4.69, 9.17) is 22.9 Å². The Kier molecular flexibility index (Phi) is 4.24. The number of rotatable bonds is 4. The second kappa shape index (κ2) is 4.68. The van der Waals surface area contributed by atoms with Crippen LogP contribution < -0.4 is 22.9 Å². The molecule has 0 aliphatic heterocycles. The van der Waals surface area contributed by atoms with Crippen LogP contribution in [0.5, 0.6) is 0 Å². The summed E-state index contributed by atoms with van der Waals surface area (Å²) in [6.07, 6.45) is 0. The molecule has 6 heteroatoms. The predicted octanol–water partition coefficient (Wildman–Crippen LogP) is -2.50. The molecular weight excluding hydrogens is 158 g/mol. The van der Waals surface area contributed by atoms with Crippen LogP contribution in [0.25, 0.3) is 0 Å². The summed E-state index contributed by atoms with van der Waals surface area (Å²) in [5.41, 5.74) is 20.8. The minimum atomic E-state index is -0.716. The first-order valence-electron chi connectivity index (χ1n) is 3.55. The molecule has 0 aromatic heterocycles. The number of nitrogens with two attached hydrogens (primary N) is 4. The molecule has 0 spiro atoms. The van der Waals surface area contributed by atoms with E-state index < -0.39 is 12.1 Å². The highest BCUT2D eigenvalue weighted by Crippen LogP contribution is 1.87. The monoisotopic (exact) mass is 173 g/mol. The van der Waals surface area contributed by atoms with E-state index in [2.05, 4.69) is 4.99 Å². The van der Waals surface area contributed by atoms with Crippen molar-refractivity contribution in [1.29, 1.82) is 0 Å². The number of nitrogens with zero attached hydrogens (tertiary/aromatic N) is 1. The van der Waals surface area contributed by atoms with Gasteiger partial charge in [0.2, 0.25) is 0 Å². The van der Waals surface area contributed by atoms with Gasteiger partial charge in [-0.25, -0.2) is 0 Å². The highest BCUT2D eigenvalue weighted by Gasteiger charge is 2.16. The largest absolute Gasteiger partial charge is 0.370 e. The quantitative estimate of drug-likeness (QED) is 0.275. The smallest absolute Gasteiger partial charge is 0.185 e. The molecule has 0 amide bonds. The molecule has 2 atom stereocenters. The van der Waals surface area contributed by atoms with E-state index >= 15 is 0 Å². The standard InChI is InChI=1S/C6H15N5O/c1-3(7)5(12)4(8)2-11-6(9)10/h3-4H,2,7-8H2,1H3,(H4,9,10,11). The summed E-state index contributed by atoms with van der Waals surface area (Å²) in [5, 5.41) is 0. The van der Waals surface area contributed by atoms with Gasteiger partial charge in [-0.05, 0) is 6.92 Å². The van der Waals surface area contributed by atoms with Crippen LogP contribution in [0.4, 0.5) is 0 Å². The van der Waals surface area contributed by atoms with Crippen molar-refractivity contribution in [3.8, 4) is 0 Å². The molecule has 2 unspecified atom stereocenters. The van der Waals surface area contributed by atoms with Crippen LogP contribution in [0.3, 0.4) is 0 Å². The Bertz CT molecular complexity index is 184. The van der Waals surface area contributed by atoms with Crippen molar-refractivity contribution in [3.05, 3.63) is 0 Å².